The van der Waals surface area contributed by atoms with E-state index in [9.17, 15) is 9.59 Å². The number of Topliss-reactive ketones (excluding diaryl/α,β-unsaturated/α-hetero) is 1. The molecule has 1 fully saturated rings. The number of carbonyl (C=O) groups is 2. The molecule has 2 heterocycles. The fourth-order valence-corrected chi connectivity index (χ4v) is 4.24. The van der Waals surface area contributed by atoms with Gasteiger partial charge in [0.1, 0.15) is 0 Å². The van der Waals surface area contributed by atoms with Gasteiger partial charge in [-0.1, -0.05) is 42.1 Å². The van der Waals surface area contributed by atoms with Crippen molar-refractivity contribution in [3.63, 3.8) is 0 Å². The van der Waals surface area contributed by atoms with Crippen LogP contribution in [0.4, 0.5) is 11.6 Å². The predicted molar refractivity (Wildman–Crippen MR) is 125 cm³/mol. The predicted octanol–water partition coefficient (Wildman–Crippen LogP) is 3.43. The van der Waals surface area contributed by atoms with Crippen LogP contribution in [-0.4, -0.2) is 58.0 Å². The summed E-state index contributed by atoms with van der Waals surface area (Å²) in [5.41, 5.74) is 2.08. The van der Waals surface area contributed by atoms with Crippen LogP contribution in [-0.2, 0) is 9.53 Å². The molecule has 8 nitrogen and oxygen atoms in total. The van der Waals surface area contributed by atoms with Gasteiger partial charge in [0.25, 0.3) is 0 Å². The van der Waals surface area contributed by atoms with E-state index in [1.54, 1.807) is 24.3 Å². The first-order valence-corrected chi connectivity index (χ1v) is 11.3. The number of hydrogen-bond acceptors (Lipinski definition) is 7. The summed E-state index contributed by atoms with van der Waals surface area (Å²) in [6.07, 6.45) is 0. The Kier molecular flexibility index (Phi) is 6.87. The number of ether oxygens (including phenoxy) is 1. The van der Waals surface area contributed by atoms with Crippen molar-refractivity contribution in [2.24, 2.45) is 0 Å². The lowest BCUT2D eigenvalue weighted by molar-refractivity contribution is -0.115. The van der Waals surface area contributed by atoms with Gasteiger partial charge in [-0.15, -0.1) is 10.2 Å². The summed E-state index contributed by atoms with van der Waals surface area (Å²) >= 11 is 1.34. The topological polar surface area (TPSA) is 89.3 Å². The van der Waals surface area contributed by atoms with Gasteiger partial charge in [-0.3, -0.25) is 14.2 Å². The highest BCUT2D eigenvalue weighted by Crippen LogP contribution is 2.30. The molecular formula is C23H25N5O3S. The molecule has 2 aromatic carbocycles. The van der Waals surface area contributed by atoms with Crippen molar-refractivity contribution in [1.82, 2.24) is 14.8 Å². The molecule has 0 aliphatic carbocycles. The molecule has 1 amide bonds. The number of morpholine rings is 1. The quantitative estimate of drug-likeness (QED) is 0.435. The number of para-hydroxylation sites is 1. The van der Waals surface area contributed by atoms with Gasteiger partial charge in [-0.05, 0) is 38.1 Å². The van der Waals surface area contributed by atoms with Gasteiger partial charge in [-0.2, -0.15) is 0 Å². The summed E-state index contributed by atoms with van der Waals surface area (Å²) in [6, 6.07) is 16.8. The molecule has 1 aromatic heterocycles. The second-order valence-corrected chi connectivity index (χ2v) is 8.75. The van der Waals surface area contributed by atoms with Gasteiger partial charge in [0.2, 0.25) is 11.9 Å². The largest absolute Gasteiger partial charge is 0.378 e. The Balaban J connectivity index is 1.55. The zero-order valence-electron chi connectivity index (χ0n) is 18.0. The van der Waals surface area contributed by atoms with E-state index in [1.807, 2.05) is 41.8 Å². The average molecular weight is 452 g/mol. The van der Waals surface area contributed by atoms with E-state index >= 15 is 0 Å². The maximum Gasteiger partial charge on any atom is 0.237 e. The summed E-state index contributed by atoms with van der Waals surface area (Å²) in [6.45, 7) is 6.08. The van der Waals surface area contributed by atoms with Crippen LogP contribution in [0.1, 0.15) is 24.2 Å². The van der Waals surface area contributed by atoms with E-state index in [1.165, 1.54) is 18.7 Å². The molecule has 0 spiro atoms. The Morgan fingerprint density at radius 1 is 1.06 bits per heavy atom. The number of aromatic nitrogens is 3. The van der Waals surface area contributed by atoms with Crippen LogP contribution < -0.4 is 10.2 Å². The minimum atomic E-state index is -0.430. The number of benzene rings is 2. The third-order valence-corrected chi connectivity index (χ3v) is 6.16. The third-order valence-electron chi connectivity index (χ3n) is 5.11. The van der Waals surface area contributed by atoms with Crippen LogP contribution in [0.5, 0.6) is 0 Å². The molecular weight excluding hydrogens is 426 g/mol. The minimum absolute atomic E-state index is 0.0462. The van der Waals surface area contributed by atoms with Crippen LogP contribution in [0.15, 0.2) is 59.8 Å². The number of nitrogens with zero attached hydrogens (tertiary/aromatic N) is 4. The Labute approximate surface area is 191 Å². The van der Waals surface area contributed by atoms with E-state index in [0.717, 1.165) is 24.7 Å². The summed E-state index contributed by atoms with van der Waals surface area (Å²) in [4.78, 5) is 26.6. The van der Waals surface area contributed by atoms with Crippen LogP contribution >= 0.6 is 11.8 Å². The summed E-state index contributed by atoms with van der Waals surface area (Å²) in [5.74, 6) is 0.519. The first-order valence-electron chi connectivity index (χ1n) is 10.4. The fraction of sp³-hybridized carbons (Fsp3) is 0.304. The lowest BCUT2D eigenvalue weighted by Crippen LogP contribution is -2.37. The number of thioether (sulfide) groups is 1. The molecule has 1 atom stereocenters. The van der Waals surface area contributed by atoms with Gasteiger partial charge in [-0.25, -0.2) is 0 Å². The minimum Gasteiger partial charge on any atom is -0.378 e. The number of amides is 1. The van der Waals surface area contributed by atoms with E-state index in [4.69, 9.17) is 4.74 Å². The smallest absolute Gasteiger partial charge is 0.237 e. The molecule has 4 rings (SSSR count). The maximum atomic E-state index is 12.9. The summed E-state index contributed by atoms with van der Waals surface area (Å²) < 4.78 is 7.45. The number of anilines is 2. The van der Waals surface area contributed by atoms with Crippen LogP contribution in [0.2, 0.25) is 0 Å². The van der Waals surface area contributed by atoms with Crippen LogP contribution in [0.3, 0.4) is 0 Å². The Morgan fingerprint density at radius 2 is 1.81 bits per heavy atom. The highest BCUT2D eigenvalue weighted by Gasteiger charge is 2.25. The lowest BCUT2D eigenvalue weighted by atomic mass is 10.1. The first kappa shape index (κ1) is 22.0. The zero-order valence-corrected chi connectivity index (χ0v) is 18.8. The number of carbonyl (C=O) groups excluding carboxylic acids is 2. The average Bonchev–Trinajstić information content (AvgIpc) is 3.23. The van der Waals surface area contributed by atoms with E-state index < -0.39 is 5.25 Å². The van der Waals surface area contributed by atoms with Crippen LogP contribution in [0, 0.1) is 0 Å². The SMILES string of the molecule is CC(=O)c1cccc(NC(=O)C(C)Sc2nnc(N3CCOCC3)n2-c2ccccc2)c1. The normalized spacial score (nSPS) is 14.8. The molecule has 1 N–H and O–H groups in total. The molecule has 1 aliphatic rings. The molecule has 0 bridgehead atoms. The van der Waals surface area contributed by atoms with Crippen molar-refractivity contribution in [3.8, 4) is 5.69 Å². The highest BCUT2D eigenvalue weighted by atomic mass is 32.2. The number of ketones is 1. The highest BCUT2D eigenvalue weighted by molar-refractivity contribution is 8.00. The standard InChI is InChI=1S/C23H25N5O3S/c1-16(29)18-7-6-8-19(15-18)24-21(30)17(2)32-23-26-25-22(27-11-13-31-14-12-27)28(23)20-9-4-3-5-10-20/h3-10,15,17H,11-14H2,1-2H3,(H,24,30). The molecule has 0 saturated carbocycles. The molecule has 166 valence electrons. The monoisotopic (exact) mass is 451 g/mol. The third kappa shape index (κ3) is 5.00. The number of hydrogen-bond donors (Lipinski definition) is 1. The van der Waals surface area contributed by atoms with Gasteiger partial charge in [0, 0.05) is 24.3 Å². The van der Waals surface area contributed by atoms with Crippen molar-refractivity contribution < 1.29 is 14.3 Å². The number of rotatable bonds is 7. The van der Waals surface area contributed by atoms with Crippen molar-refractivity contribution in [2.45, 2.75) is 24.3 Å². The van der Waals surface area contributed by atoms with E-state index in [-0.39, 0.29) is 11.7 Å². The molecule has 1 unspecified atom stereocenters. The summed E-state index contributed by atoms with van der Waals surface area (Å²) in [7, 11) is 0. The lowest BCUT2D eigenvalue weighted by Gasteiger charge is -2.28. The van der Waals surface area contributed by atoms with Gasteiger partial charge < -0.3 is 15.0 Å². The van der Waals surface area contributed by atoms with Crippen molar-refractivity contribution >= 4 is 35.1 Å². The molecule has 9 heteroatoms. The molecule has 1 aliphatic heterocycles. The molecule has 0 radical (unpaired) electrons. The Hall–Kier alpha value is -3.17. The molecule has 1 saturated heterocycles. The van der Waals surface area contributed by atoms with Crippen molar-refractivity contribution in [2.75, 3.05) is 36.5 Å². The first-order chi connectivity index (χ1) is 15.5. The van der Waals surface area contributed by atoms with Gasteiger partial charge in [0.05, 0.1) is 24.2 Å². The Bertz CT molecular complexity index is 1100. The van der Waals surface area contributed by atoms with E-state index in [2.05, 4.69) is 20.4 Å². The second-order valence-electron chi connectivity index (χ2n) is 7.44. The number of nitrogens with one attached hydrogen (secondary N) is 1. The van der Waals surface area contributed by atoms with Crippen molar-refractivity contribution in [1.29, 1.82) is 0 Å². The Morgan fingerprint density at radius 3 is 2.53 bits per heavy atom. The van der Waals surface area contributed by atoms with E-state index in [0.29, 0.717) is 29.6 Å². The van der Waals surface area contributed by atoms with Crippen molar-refractivity contribution in [3.05, 3.63) is 60.2 Å². The fourth-order valence-electron chi connectivity index (χ4n) is 3.38. The van der Waals surface area contributed by atoms with Crippen LogP contribution in [0.25, 0.3) is 5.69 Å². The molecule has 32 heavy (non-hydrogen) atoms. The zero-order chi connectivity index (χ0) is 22.5. The van der Waals surface area contributed by atoms with Gasteiger partial charge >= 0.3 is 0 Å². The summed E-state index contributed by atoms with van der Waals surface area (Å²) in [5, 5.41) is 11.9. The molecule has 3 aromatic rings. The second kappa shape index (κ2) is 9.97. The van der Waals surface area contributed by atoms with Gasteiger partial charge in [0.15, 0.2) is 10.9 Å². The maximum absolute atomic E-state index is 12.9.